The molecule has 3 aromatic heterocycles. The van der Waals surface area contributed by atoms with Gasteiger partial charge in [-0.25, -0.2) is 0 Å². The van der Waals surface area contributed by atoms with E-state index in [1.807, 2.05) is 0 Å². The van der Waals surface area contributed by atoms with Crippen molar-refractivity contribution < 1.29 is 4.42 Å². The number of nitrogens with zero attached hydrogens (tertiary/aromatic N) is 2. The van der Waals surface area contributed by atoms with Crippen molar-refractivity contribution in [1.82, 2.24) is 9.13 Å². The fraction of sp³-hybridized carbons (Fsp3) is 0.0698. The minimum Gasteiger partial charge on any atom is -0.456 e. The number of furan rings is 1. The van der Waals surface area contributed by atoms with Crippen LogP contribution < -0.4 is 0 Å². The van der Waals surface area contributed by atoms with Crippen molar-refractivity contribution in [1.29, 1.82) is 0 Å². The number of fused-ring (bicyclic) bond motifs is 9. The van der Waals surface area contributed by atoms with E-state index in [-0.39, 0.29) is 0 Å². The standard InChI is InChI=1S/C43H30N2O/c1-27-9-8-16-40-43(27)34-12-4-7-15-39(34)45(40)31-22-24-42-36(26-31)35-25-29(19-23-41(35)46-42)28-17-20-30(21-18-28)44-37-13-5-2-10-32(37)33-11-3-6-14-38(33)44/h2-8,10-27H,9H2,1H3. The first-order valence-electron chi connectivity index (χ1n) is 16.1. The molecule has 9 aromatic rings. The predicted octanol–water partition coefficient (Wildman–Crippen LogP) is 11.8. The summed E-state index contributed by atoms with van der Waals surface area (Å²) in [5, 5.41) is 6.17. The summed E-state index contributed by atoms with van der Waals surface area (Å²) in [6.45, 7) is 2.34. The fourth-order valence-corrected chi connectivity index (χ4v) is 7.83. The molecule has 0 N–H and O–H groups in total. The average molecular weight is 591 g/mol. The van der Waals surface area contributed by atoms with Gasteiger partial charge in [0, 0.05) is 44.0 Å². The molecule has 0 aliphatic heterocycles. The molecule has 3 nitrogen and oxygen atoms in total. The highest BCUT2D eigenvalue weighted by Gasteiger charge is 2.23. The highest BCUT2D eigenvalue weighted by Crippen LogP contribution is 2.41. The van der Waals surface area contributed by atoms with E-state index in [1.165, 1.54) is 55.1 Å². The van der Waals surface area contributed by atoms with Crippen LogP contribution in [0.3, 0.4) is 0 Å². The van der Waals surface area contributed by atoms with Crippen LogP contribution in [0.25, 0.3) is 83.2 Å². The zero-order chi connectivity index (χ0) is 30.4. The third-order valence-electron chi connectivity index (χ3n) is 9.96. The molecule has 0 bridgehead atoms. The largest absolute Gasteiger partial charge is 0.456 e. The Morgan fingerprint density at radius 1 is 0.522 bits per heavy atom. The number of hydrogen-bond donors (Lipinski definition) is 0. The van der Waals surface area contributed by atoms with Gasteiger partial charge in [-0.05, 0) is 95.8 Å². The summed E-state index contributed by atoms with van der Waals surface area (Å²) in [6, 6.07) is 48.2. The molecule has 0 amide bonds. The lowest BCUT2D eigenvalue weighted by molar-refractivity contribution is 0.669. The lowest BCUT2D eigenvalue weighted by Gasteiger charge is -2.16. The van der Waals surface area contributed by atoms with Crippen LogP contribution in [0.15, 0.2) is 144 Å². The van der Waals surface area contributed by atoms with Gasteiger partial charge in [-0.3, -0.25) is 0 Å². The number of rotatable bonds is 3. The Labute approximate surface area is 266 Å². The second kappa shape index (κ2) is 9.60. The predicted molar refractivity (Wildman–Crippen MR) is 192 cm³/mol. The Hall–Kier alpha value is -5.80. The van der Waals surface area contributed by atoms with Crippen LogP contribution in [-0.4, -0.2) is 9.13 Å². The topological polar surface area (TPSA) is 23.0 Å². The summed E-state index contributed by atoms with van der Waals surface area (Å²) in [6.07, 6.45) is 5.69. The summed E-state index contributed by atoms with van der Waals surface area (Å²) in [7, 11) is 0. The van der Waals surface area contributed by atoms with Crippen LogP contribution in [0.4, 0.5) is 0 Å². The highest BCUT2D eigenvalue weighted by atomic mass is 16.3. The van der Waals surface area contributed by atoms with Crippen LogP contribution in [0.2, 0.25) is 0 Å². The Morgan fingerprint density at radius 3 is 1.80 bits per heavy atom. The number of para-hydroxylation sites is 3. The minimum absolute atomic E-state index is 0.494. The van der Waals surface area contributed by atoms with Gasteiger partial charge in [0.1, 0.15) is 11.2 Å². The number of allylic oxidation sites excluding steroid dienone is 1. The molecule has 0 radical (unpaired) electrons. The van der Waals surface area contributed by atoms with Gasteiger partial charge >= 0.3 is 0 Å². The highest BCUT2D eigenvalue weighted by molar-refractivity contribution is 6.09. The van der Waals surface area contributed by atoms with Crippen molar-refractivity contribution in [2.45, 2.75) is 19.3 Å². The van der Waals surface area contributed by atoms with E-state index in [1.54, 1.807) is 0 Å². The maximum absolute atomic E-state index is 6.36. The van der Waals surface area contributed by atoms with Gasteiger partial charge in [0.05, 0.1) is 16.6 Å². The lowest BCUT2D eigenvalue weighted by Crippen LogP contribution is -2.02. The maximum Gasteiger partial charge on any atom is 0.135 e. The molecule has 1 atom stereocenters. The normalized spacial score (nSPS) is 14.7. The molecule has 6 aromatic carbocycles. The molecule has 1 aliphatic rings. The van der Waals surface area contributed by atoms with Crippen molar-refractivity contribution in [3.63, 3.8) is 0 Å². The molecule has 0 fully saturated rings. The van der Waals surface area contributed by atoms with Crippen molar-refractivity contribution in [2.24, 2.45) is 0 Å². The Kier molecular flexibility index (Phi) is 5.32. The minimum atomic E-state index is 0.494. The quantitative estimate of drug-likeness (QED) is 0.201. The van der Waals surface area contributed by atoms with Gasteiger partial charge < -0.3 is 13.6 Å². The van der Waals surface area contributed by atoms with Crippen LogP contribution in [0.5, 0.6) is 0 Å². The van der Waals surface area contributed by atoms with E-state index in [2.05, 4.69) is 162 Å². The summed E-state index contributed by atoms with van der Waals surface area (Å²) in [5.41, 5.74) is 12.9. The van der Waals surface area contributed by atoms with E-state index in [0.29, 0.717) is 5.92 Å². The zero-order valence-corrected chi connectivity index (χ0v) is 25.4. The SMILES string of the molecule is CC1CC=Cc2c1c1ccccc1n2-c1ccc2oc3ccc(-c4ccc(-n5c6ccccc6c6ccccc65)cc4)cc3c2c1. The number of benzene rings is 6. The molecule has 3 heterocycles. The Morgan fingerprint density at radius 2 is 1.09 bits per heavy atom. The smallest absolute Gasteiger partial charge is 0.135 e. The van der Waals surface area contributed by atoms with Gasteiger partial charge in [-0.15, -0.1) is 0 Å². The summed E-state index contributed by atoms with van der Waals surface area (Å²) in [5.74, 6) is 0.494. The molecule has 0 saturated carbocycles. The molecule has 3 heteroatoms. The van der Waals surface area contributed by atoms with E-state index < -0.39 is 0 Å². The third-order valence-corrected chi connectivity index (χ3v) is 9.96. The average Bonchev–Trinajstić information content (AvgIpc) is 3.76. The number of aromatic nitrogens is 2. The van der Waals surface area contributed by atoms with E-state index >= 15 is 0 Å². The molecule has 1 aliphatic carbocycles. The van der Waals surface area contributed by atoms with E-state index in [4.69, 9.17) is 4.42 Å². The zero-order valence-electron chi connectivity index (χ0n) is 25.4. The lowest BCUT2D eigenvalue weighted by atomic mass is 9.91. The molecular weight excluding hydrogens is 560 g/mol. The Bertz CT molecular complexity index is 2630. The molecule has 1 unspecified atom stereocenters. The molecule has 0 spiro atoms. The summed E-state index contributed by atoms with van der Waals surface area (Å²) >= 11 is 0. The first kappa shape index (κ1) is 25.5. The van der Waals surface area contributed by atoms with Gasteiger partial charge in [0.15, 0.2) is 0 Å². The molecule has 218 valence electrons. The van der Waals surface area contributed by atoms with Crippen molar-refractivity contribution in [2.75, 3.05) is 0 Å². The van der Waals surface area contributed by atoms with Crippen LogP contribution in [-0.2, 0) is 0 Å². The van der Waals surface area contributed by atoms with Crippen molar-refractivity contribution >= 4 is 60.7 Å². The van der Waals surface area contributed by atoms with Crippen LogP contribution in [0, 0.1) is 0 Å². The summed E-state index contributed by atoms with van der Waals surface area (Å²) < 4.78 is 11.1. The Balaban J connectivity index is 1.09. The van der Waals surface area contributed by atoms with Crippen LogP contribution in [0.1, 0.15) is 30.5 Å². The second-order valence-electron chi connectivity index (χ2n) is 12.6. The first-order valence-corrected chi connectivity index (χ1v) is 16.1. The maximum atomic E-state index is 6.36. The van der Waals surface area contributed by atoms with Gasteiger partial charge in [0.2, 0.25) is 0 Å². The summed E-state index contributed by atoms with van der Waals surface area (Å²) in [4.78, 5) is 0. The van der Waals surface area contributed by atoms with E-state index in [0.717, 1.165) is 39.7 Å². The third kappa shape index (κ3) is 3.60. The van der Waals surface area contributed by atoms with Crippen molar-refractivity contribution in [3.8, 4) is 22.5 Å². The molecule has 0 saturated heterocycles. The second-order valence-corrected chi connectivity index (χ2v) is 12.6. The fourth-order valence-electron chi connectivity index (χ4n) is 7.83. The van der Waals surface area contributed by atoms with Gasteiger partial charge in [-0.1, -0.05) is 85.8 Å². The van der Waals surface area contributed by atoms with Gasteiger partial charge in [0.25, 0.3) is 0 Å². The monoisotopic (exact) mass is 590 g/mol. The van der Waals surface area contributed by atoms with Crippen molar-refractivity contribution in [3.05, 3.63) is 151 Å². The molecule has 10 rings (SSSR count). The van der Waals surface area contributed by atoms with Crippen LogP contribution >= 0.6 is 0 Å². The number of hydrogen-bond acceptors (Lipinski definition) is 1. The van der Waals surface area contributed by atoms with Gasteiger partial charge in [-0.2, -0.15) is 0 Å². The molecular formula is C43H30N2O. The first-order chi connectivity index (χ1) is 22.7. The molecule has 46 heavy (non-hydrogen) atoms. The van der Waals surface area contributed by atoms with E-state index in [9.17, 15) is 0 Å².